The molecule has 1 aromatic rings. The topological polar surface area (TPSA) is 38.9 Å². The molecular weight excluding hydrogens is 242 g/mol. The minimum atomic E-state index is -2.57. The van der Waals surface area contributed by atoms with Crippen molar-refractivity contribution in [2.45, 2.75) is 18.7 Å². The quantitative estimate of drug-likeness (QED) is 0.821. The molecule has 1 aromatic heterocycles. The van der Waals surface area contributed by atoms with E-state index in [-0.39, 0.29) is 11.4 Å². The van der Waals surface area contributed by atoms with Gasteiger partial charge in [0.1, 0.15) is 5.82 Å². The normalized spacial score (nSPS) is 10.8. The molecule has 0 aliphatic rings. The summed E-state index contributed by atoms with van der Waals surface area (Å²) in [5, 5.41) is 0.361. The second-order valence-corrected chi connectivity index (χ2v) is 3.22. The van der Waals surface area contributed by atoms with E-state index >= 15 is 0 Å². The van der Waals surface area contributed by atoms with Gasteiger partial charge in [0, 0.05) is 11.0 Å². The van der Waals surface area contributed by atoms with Crippen LogP contribution in [0, 0.1) is 6.92 Å². The lowest BCUT2D eigenvalue weighted by Gasteiger charge is -2.09. The third-order valence-electron chi connectivity index (χ3n) is 1.66. The van der Waals surface area contributed by atoms with Crippen LogP contribution in [0.1, 0.15) is 23.2 Å². The molecule has 0 aliphatic carbocycles. The molecule has 72 valence electrons. The first-order valence-corrected chi connectivity index (χ1v) is 4.78. The molecule has 0 radical (unpaired) electrons. The lowest BCUT2D eigenvalue weighted by atomic mass is 10.1. The van der Waals surface area contributed by atoms with Crippen molar-refractivity contribution in [1.82, 2.24) is 4.98 Å². The Hall–Kier alpha value is -0.710. The SMILES string of the molecule is Cc1cc(CBr)c(C(F)F)c(N)n1. The van der Waals surface area contributed by atoms with Gasteiger partial charge in [-0.2, -0.15) is 0 Å². The number of hydrogen-bond donors (Lipinski definition) is 1. The van der Waals surface area contributed by atoms with E-state index in [0.717, 1.165) is 0 Å². The second kappa shape index (κ2) is 4.00. The van der Waals surface area contributed by atoms with Crippen molar-refractivity contribution in [3.05, 3.63) is 22.9 Å². The third-order valence-corrected chi connectivity index (χ3v) is 2.27. The standard InChI is InChI=1S/C8H9BrF2N2/c1-4-2-5(3-9)6(7(10)11)8(12)13-4/h2,7H,3H2,1H3,(H2,12,13). The number of rotatable bonds is 2. The number of aryl methyl sites for hydroxylation is 1. The predicted molar refractivity (Wildman–Crippen MR) is 51.0 cm³/mol. The number of hydrogen-bond acceptors (Lipinski definition) is 2. The van der Waals surface area contributed by atoms with E-state index in [1.807, 2.05) is 0 Å². The highest BCUT2D eigenvalue weighted by Crippen LogP contribution is 2.29. The highest BCUT2D eigenvalue weighted by atomic mass is 79.9. The molecule has 13 heavy (non-hydrogen) atoms. The summed E-state index contributed by atoms with van der Waals surface area (Å²) in [6.45, 7) is 1.72. The maximum absolute atomic E-state index is 12.5. The van der Waals surface area contributed by atoms with Crippen LogP contribution in [-0.4, -0.2) is 4.98 Å². The maximum atomic E-state index is 12.5. The number of nitrogen functional groups attached to an aromatic ring is 1. The summed E-state index contributed by atoms with van der Waals surface area (Å²) < 4.78 is 24.9. The van der Waals surface area contributed by atoms with Gasteiger partial charge in [0.25, 0.3) is 6.43 Å². The van der Waals surface area contributed by atoms with E-state index in [1.54, 1.807) is 13.0 Å². The summed E-state index contributed by atoms with van der Waals surface area (Å²) in [5.74, 6) is -0.0792. The number of nitrogens with two attached hydrogens (primary N) is 1. The molecule has 0 amide bonds. The summed E-state index contributed by atoms with van der Waals surface area (Å²) in [6.07, 6.45) is -2.57. The second-order valence-electron chi connectivity index (χ2n) is 2.66. The van der Waals surface area contributed by atoms with E-state index in [2.05, 4.69) is 20.9 Å². The van der Waals surface area contributed by atoms with Gasteiger partial charge < -0.3 is 5.73 Å². The molecule has 0 bridgehead atoms. The molecular formula is C8H9BrF2N2. The number of anilines is 1. The van der Waals surface area contributed by atoms with Crippen molar-refractivity contribution >= 4 is 21.7 Å². The van der Waals surface area contributed by atoms with Crippen molar-refractivity contribution in [3.8, 4) is 0 Å². The molecule has 0 aliphatic heterocycles. The van der Waals surface area contributed by atoms with Gasteiger partial charge >= 0.3 is 0 Å². The van der Waals surface area contributed by atoms with E-state index in [0.29, 0.717) is 16.6 Å². The average molecular weight is 251 g/mol. The van der Waals surface area contributed by atoms with Crippen LogP contribution in [0.4, 0.5) is 14.6 Å². The van der Waals surface area contributed by atoms with Crippen molar-refractivity contribution < 1.29 is 8.78 Å². The Morgan fingerprint density at radius 1 is 1.62 bits per heavy atom. The fourth-order valence-electron chi connectivity index (χ4n) is 1.14. The summed E-state index contributed by atoms with van der Waals surface area (Å²) >= 11 is 3.13. The average Bonchev–Trinajstić information content (AvgIpc) is 2.01. The number of nitrogens with zero attached hydrogens (tertiary/aromatic N) is 1. The Bertz CT molecular complexity index is 315. The zero-order valence-corrected chi connectivity index (χ0v) is 8.61. The van der Waals surface area contributed by atoms with Crippen molar-refractivity contribution in [1.29, 1.82) is 0 Å². The Balaban J connectivity index is 3.30. The molecule has 0 atom stereocenters. The molecule has 0 saturated carbocycles. The smallest absolute Gasteiger partial charge is 0.267 e. The predicted octanol–water partition coefficient (Wildman–Crippen LogP) is 2.80. The molecule has 0 spiro atoms. The van der Waals surface area contributed by atoms with Crippen LogP contribution in [0.5, 0.6) is 0 Å². The Kier molecular flexibility index (Phi) is 3.19. The van der Waals surface area contributed by atoms with Gasteiger partial charge in [-0.1, -0.05) is 15.9 Å². The van der Waals surface area contributed by atoms with E-state index in [4.69, 9.17) is 5.73 Å². The Morgan fingerprint density at radius 2 is 2.23 bits per heavy atom. The maximum Gasteiger partial charge on any atom is 0.267 e. The summed E-state index contributed by atoms with van der Waals surface area (Å²) in [6, 6.07) is 1.60. The Morgan fingerprint density at radius 3 is 2.69 bits per heavy atom. The van der Waals surface area contributed by atoms with Crippen LogP contribution in [0.15, 0.2) is 6.07 Å². The van der Waals surface area contributed by atoms with E-state index < -0.39 is 6.43 Å². The van der Waals surface area contributed by atoms with E-state index in [1.165, 1.54) is 0 Å². The lowest BCUT2D eigenvalue weighted by molar-refractivity contribution is 0.151. The lowest BCUT2D eigenvalue weighted by Crippen LogP contribution is -2.03. The first kappa shape index (κ1) is 10.4. The van der Waals surface area contributed by atoms with E-state index in [9.17, 15) is 8.78 Å². The van der Waals surface area contributed by atoms with Crippen molar-refractivity contribution in [2.24, 2.45) is 0 Å². The van der Waals surface area contributed by atoms with Crippen LogP contribution in [0.3, 0.4) is 0 Å². The van der Waals surface area contributed by atoms with Gasteiger partial charge in [-0.25, -0.2) is 13.8 Å². The minimum Gasteiger partial charge on any atom is -0.383 e. The van der Waals surface area contributed by atoms with Crippen molar-refractivity contribution in [3.63, 3.8) is 0 Å². The zero-order chi connectivity index (χ0) is 10.0. The first-order valence-electron chi connectivity index (χ1n) is 3.66. The summed E-state index contributed by atoms with van der Waals surface area (Å²) in [7, 11) is 0. The molecule has 0 fully saturated rings. The van der Waals surface area contributed by atoms with Crippen LogP contribution in [0.2, 0.25) is 0 Å². The fraction of sp³-hybridized carbons (Fsp3) is 0.375. The van der Waals surface area contributed by atoms with Gasteiger partial charge in [0.15, 0.2) is 0 Å². The number of pyridine rings is 1. The molecule has 1 heterocycles. The molecule has 0 unspecified atom stereocenters. The van der Waals surface area contributed by atoms with Crippen LogP contribution in [-0.2, 0) is 5.33 Å². The van der Waals surface area contributed by atoms with Crippen molar-refractivity contribution in [2.75, 3.05) is 5.73 Å². The first-order chi connectivity index (χ1) is 6.06. The van der Waals surface area contributed by atoms with Gasteiger partial charge in [0.2, 0.25) is 0 Å². The van der Waals surface area contributed by atoms with Gasteiger partial charge in [0.05, 0.1) is 5.56 Å². The number of aromatic nitrogens is 1. The third kappa shape index (κ3) is 2.15. The molecule has 5 heteroatoms. The monoisotopic (exact) mass is 250 g/mol. The van der Waals surface area contributed by atoms with Gasteiger partial charge in [-0.15, -0.1) is 0 Å². The highest BCUT2D eigenvalue weighted by molar-refractivity contribution is 9.08. The molecule has 0 saturated heterocycles. The van der Waals surface area contributed by atoms with Crippen LogP contribution in [0.25, 0.3) is 0 Å². The summed E-state index contributed by atoms with van der Waals surface area (Å²) in [4.78, 5) is 3.78. The fourth-order valence-corrected chi connectivity index (χ4v) is 1.60. The molecule has 2 N–H and O–H groups in total. The molecule has 2 nitrogen and oxygen atoms in total. The number of halogens is 3. The Labute approximate surface area is 83.3 Å². The van der Waals surface area contributed by atoms with Crippen LogP contribution < -0.4 is 5.73 Å². The largest absolute Gasteiger partial charge is 0.383 e. The zero-order valence-electron chi connectivity index (χ0n) is 7.02. The van der Waals surface area contributed by atoms with Crippen LogP contribution >= 0.6 is 15.9 Å². The van der Waals surface area contributed by atoms with Gasteiger partial charge in [-0.05, 0) is 18.6 Å². The van der Waals surface area contributed by atoms with Gasteiger partial charge in [-0.3, -0.25) is 0 Å². The highest BCUT2D eigenvalue weighted by Gasteiger charge is 2.17. The minimum absolute atomic E-state index is 0.0792. The summed E-state index contributed by atoms with van der Waals surface area (Å²) in [5.41, 5.74) is 6.37. The molecule has 0 aromatic carbocycles. The number of alkyl halides is 3. The molecule has 1 rings (SSSR count).